The SMILES string of the molecule is CC(C)(C)n1ncc(OC(O)(O)c2ccc(COC(O)(O)C(O)(O)F)cc2)c(Cl)c1=O. The minimum Gasteiger partial charge on any atom is -0.432 e. The van der Waals surface area contributed by atoms with E-state index in [1.807, 2.05) is 0 Å². The number of nitrogens with zero attached hydrogens (tertiary/aromatic N) is 2. The lowest BCUT2D eigenvalue weighted by atomic mass is 10.1. The van der Waals surface area contributed by atoms with Crippen molar-refractivity contribution in [1.82, 2.24) is 9.78 Å². The fourth-order valence-electron chi connectivity index (χ4n) is 2.27. The number of aromatic nitrogens is 2. The monoisotopic (exact) mass is 464 g/mol. The van der Waals surface area contributed by atoms with Crippen molar-refractivity contribution >= 4 is 11.6 Å². The van der Waals surface area contributed by atoms with Gasteiger partial charge in [0.1, 0.15) is 0 Å². The van der Waals surface area contributed by atoms with E-state index in [1.54, 1.807) is 20.8 Å². The van der Waals surface area contributed by atoms with Crippen molar-refractivity contribution in [1.29, 1.82) is 0 Å². The van der Waals surface area contributed by atoms with Crippen LogP contribution in [0.15, 0.2) is 35.3 Å². The molecule has 0 bridgehead atoms. The Kier molecular flexibility index (Phi) is 6.81. The molecule has 0 aliphatic heterocycles. The van der Waals surface area contributed by atoms with Crippen LogP contribution in [-0.2, 0) is 22.9 Å². The van der Waals surface area contributed by atoms with E-state index < -0.39 is 40.7 Å². The van der Waals surface area contributed by atoms with Gasteiger partial charge >= 0.3 is 18.0 Å². The van der Waals surface area contributed by atoms with Gasteiger partial charge in [0, 0.05) is 0 Å². The molecule has 31 heavy (non-hydrogen) atoms. The molecule has 1 aromatic carbocycles. The molecule has 0 fully saturated rings. The Morgan fingerprint density at radius 1 is 1.06 bits per heavy atom. The number of halogens is 2. The van der Waals surface area contributed by atoms with Crippen molar-refractivity contribution in [2.45, 2.75) is 50.9 Å². The second-order valence-electron chi connectivity index (χ2n) is 7.60. The van der Waals surface area contributed by atoms with Gasteiger partial charge in [0.15, 0.2) is 10.8 Å². The summed E-state index contributed by atoms with van der Waals surface area (Å²) in [5.74, 6) is -7.23. The fraction of sp³-hybridized carbons (Fsp3) is 0.444. The summed E-state index contributed by atoms with van der Waals surface area (Å²) in [6.45, 7) is 4.47. The van der Waals surface area contributed by atoms with Crippen molar-refractivity contribution in [2.24, 2.45) is 0 Å². The Morgan fingerprint density at radius 2 is 1.61 bits per heavy atom. The van der Waals surface area contributed by atoms with Crippen LogP contribution < -0.4 is 10.3 Å². The zero-order valence-electron chi connectivity index (χ0n) is 16.7. The summed E-state index contributed by atoms with van der Waals surface area (Å²) in [5, 5.41) is 59.3. The molecule has 2 rings (SSSR count). The average molecular weight is 465 g/mol. The topological polar surface area (TPSA) is 175 Å². The molecule has 0 saturated carbocycles. The second kappa shape index (κ2) is 8.41. The summed E-state index contributed by atoms with van der Waals surface area (Å²) in [6, 6.07) is 0.256. The van der Waals surface area contributed by atoms with E-state index in [-0.39, 0.29) is 16.9 Å². The third kappa shape index (κ3) is 5.75. The fourth-order valence-corrected chi connectivity index (χ4v) is 2.44. The van der Waals surface area contributed by atoms with Crippen molar-refractivity contribution in [3.05, 3.63) is 57.0 Å². The maximum Gasteiger partial charge on any atom is 0.399 e. The van der Waals surface area contributed by atoms with Crippen LogP contribution in [0.5, 0.6) is 5.75 Å². The van der Waals surface area contributed by atoms with E-state index in [9.17, 15) is 19.4 Å². The number of hydrogen-bond donors (Lipinski definition) is 6. The minimum atomic E-state index is -4.43. The van der Waals surface area contributed by atoms with Gasteiger partial charge in [0.2, 0.25) is 0 Å². The predicted molar refractivity (Wildman–Crippen MR) is 102 cm³/mol. The standard InChI is InChI=1S/C18H22ClFN2O9/c1-15(2,3)22-14(23)13(19)12(8-21-22)31-16(24,25)11-6-4-10(5-7-11)9-30-18(28,29)17(20,26)27/h4-8,24-29H,9H2,1-3H3. The summed E-state index contributed by atoms with van der Waals surface area (Å²) in [6.07, 6.45) is 1.05. The molecule has 172 valence electrons. The number of hydrogen-bond acceptors (Lipinski definition) is 10. The van der Waals surface area contributed by atoms with E-state index in [1.165, 1.54) is 12.1 Å². The molecule has 0 aliphatic carbocycles. The van der Waals surface area contributed by atoms with E-state index in [4.69, 9.17) is 36.8 Å². The largest absolute Gasteiger partial charge is 0.432 e. The van der Waals surface area contributed by atoms with Crippen LogP contribution in [0, 0.1) is 0 Å². The second-order valence-corrected chi connectivity index (χ2v) is 7.98. The van der Waals surface area contributed by atoms with Gasteiger partial charge < -0.3 is 40.1 Å². The van der Waals surface area contributed by atoms with Crippen molar-refractivity contribution in [2.75, 3.05) is 0 Å². The lowest BCUT2D eigenvalue weighted by Gasteiger charge is -2.27. The molecule has 0 amide bonds. The van der Waals surface area contributed by atoms with E-state index in [2.05, 4.69) is 9.84 Å². The number of rotatable bonds is 7. The molecule has 13 heteroatoms. The van der Waals surface area contributed by atoms with E-state index >= 15 is 0 Å². The number of alkyl halides is 1. The molecule has 0 saturated heterocycles. The molecule has 6 N–H and O–H groups in total. The Hall–Kier alpha value is -2.16. The highest BCUT2D eigenvalue weighted by Crippen LogP contribution is 2.28. The lowest BCUT2D eigenvalue weighted by Crippen LogP contribution is -2.53. The Bertz CT molecular complexity index is 979. The number of ether oxygens (including phenoxy) is 2. The van der Waals surface area contributed by atoms with Gasteiger partial charge in [-0.2, -0.15) is 9.49 Å². The molecule has 0 spiro atoms. The highest BCUT2D eigenvalue weighted by atomic mass is 35.5. The molecule has 0 atom stereocenters. The van der Waals surface area contributed by atoms with Gasteiger partial charge in [-0.15, -0.1) is 0 Å². The molecular weight excluding hydrogens is 443 g/mol. The lowest BCUT2D eigenvalue weighted by molar-refractivity contribution is -0.501. The molecular formula is C18H22ClFN2O9. The van der Waals surface area contributed by atoms with Crippen LogP contribution >= 0.6 is 11.6 Å². The van der Waals surface area contributed by atoms with Crippen LogP contribution in [0.25, 0.3) is 0 Å². The highest BCUT2D eigenvalue weighted by Gasteiger charge is 2.50. The Labute approximate surface area is 180 Å². The Balaban J connectivity index is 2.18. The zero-order chi connectivity index (χ0) is 23.8. The van der Waals surface area contributed by atoms with Crippen LogP contribution in [0.3, 0.4) is 0 Å². The summed E-state index contributed by atoms with van der Waals surface area (Å²) >= 11 is 5.99. The molecule has 0 aliphatic rings. The zero-order valence-corrected chi connectivity index (χ0v) is 17.4. The van der Waals surface area contributed by atoms with Crippen LogP contribution in [0.1, 0.15) is 31.9 Å². The average Bonchev–Trinajstić information content (AvgIpc) is 2.62. The predicted octanol–water partition coefficient (Wildman–Crippen LogP) is -0.412. The first-order valence-electron chi connectivity index (χ1n) is 8.69. The maximum atomic E-state index is 12.8. The summed E-state index contributed by atoms with van der Waals surface area (Å²) in [4.78, 5) is 12.3. The number of aliphatic hydroxyl groups is 6. The van der Waals surface area contributed by atoms with Gasteiger partial charge in [-0.3, -0.25) is 4.79 Å². The molecule has 0 unspecified atom stereocenters. The van der Waals surface area contributed by atoms with Crippen LogP contribution in [0.2, 0.25) is 5.02 Å². The first kappa shape index (κ1) is 25.1. The van der Waals surface area contributed by atoms with Crippen molar-refractivity contribution in [3.8, 4) is 5.75 Å². The summed E-state index contributed by atoms with van der Waals surface area (Å²) in [7, 11) is 0. The van der Waals surface area contributed by atoms with Gasteiger partial charge in [-0.05, 0) is 38.5 Å². The van der Waals surface area contributed by atoms with Crippen molar-refractivity contribution < 1.29 is 44.5 Å². The molecule has 2 aromatic rings. The highest BCUT2D eigenvalue weighted by molar-refractivity contribution is 6.31. The van der Waals surface area contributed by atoms with E-state index in [0.717, 1.165) is 23.0 Å². The summed E-state index contributed by atoms with van der Waals surface area (Å²) in [5.41, 5.74) is -1.45. The van der Waals surface area contributed by atoms with Crippen molar-refractivity contribution in [3.63, 3.8) is 0 Å². The molecule has 0 radical (unpaired) electrons. The van der Waals surface area contributed by atoms with Crippen LogP contribution in [0.4, 0.5) is 4.39 Å². The van der Waals surface area contributed by atoms with Crippen LogP contribution in [-0.4, -0.2) is 52.4 Å². The third-order valence-corrected chi connectivity index (χ3v) is 4.31. The quantitative estimate of drug-likeness (QED) is 0.295. The first-order valence-corrected chi connectivity index (χ1v) is 9.07. The normalized spacial score (nSPS) is 13.4. The van der Waals surface area contributed by atoms with Gasteiger partial charge in [0.25, 0.3) is 5.56 Å². The molecule has 11 nitrogen and oxygen atoms in total. The van der Waals surface area contributed by atoms with Gasteiger partial charge in [-0.1, -0.05) is 23.7 Å². The van der Waals surface area contributed by atoms with Gasteiger partial charge in [-0.25, -0.2) is 4.68 Å². The number of benzene rings is 1. The molecule has 1 aromatic heterocycles. The Morgan fingerprint density at radius 3 is 2.10 bits per heavy atom. The first-order chi connectivity index (χ1) is 14.0. The summed E-state index contributed by atoms with van der Waals surface area (Å²) < 4.78 is 23.2. The molecule has 1 heterocycles. The van der Waals surface area contributed by atoms with Gasteiger partial charge in [0.05, 0.1) is 23.9 Å². The smallest absolute Gasteiger partial charge is 0.399 e. The minimum absolute atomic E-state index is 0.156. The maximum absolute atomic E-state index is 12.8. The third-order valence-electron chi connectivity index (χ3n) is 3.96. The van der Waals surface area contributed by atoms with E-state index in [0.29, 0.717) is 0 Å².